The van der Waals surface area contributed by atoms with Crippen LogP contribution >= 0.6 is 0 Å². The van der Waals surface area contributed by atoms with Gasteiger partial charge < -0.3 is 27.4 Å². The van der Waals surface area contributed by atoms with Crippen molar-refractivity contribution in [2.45, 2.75) is 0 Å². The van der Waals surface area contributed by atoms with Crippen LogP contribution in [0.25, 0.3) is 33.1 Å². The van der Waals surface area contributed by atoms with Gasteiger partial charge in [0.15, 0.2) is 0 Å². The van der Waals surface area contributed by atoms with Crippen LogP contribution in [0, 0.1) is 0 Å². The minimum absolute atomic E-state index is 0.740. The van der Waals surface area contributed by atoms with Crippen LogP contribution in [-0.4, -0.2) is 27.4 Å². The van der Waals surface area contributed by atoms with Crippen molar-refractivity contribution in [1.29, 1.82) is 0 Å². The molecule has 0 saturated carbocycles. The zero-order chi connectivity index (χ0) is 29.1. The van der Waals surface area contributed by atoms with Crippen LogP contribution in [0.1, 0.15) is 0 Å². The van der Waals surface area contributed by atoms with E-state index in [4.69, 9.17) is 15.0 Å². The van der Waals surface area contributed by atoms with Crippen molar-refractivity contribution >= 4 is 50.2 Å². The average Bonchev–Trinajstić information content (AvgIpc) is 3.51. The number of hydrogen-bond donors (Lipinski definition) is 0. The van der Waals surface area contributed by atoms with Gasteiger partial charge in [0, 0.05) is 42.3 Å². The van der Waals surface area contributed by atoms with Crippen LogP contribution in [0.5, 0.6) is 0 Å². The van der Waals surface area contributed by atoms with Crippen LogP contribution in [0.3, 0.4) is 0 Å². The van der Waals surface area contributed by atoms with Gasteiger partial charge in [0.25, 0.3) is 0 Å². The van der Waals surface area contributed by atoms with Crippen molar-refractivity contribution in [3.8, 4) is 0 Å². The summed E-state index contributed by atoms with van der Waals surface area (Å²) in [6.45, 7) is 0. The average molecular weight is 556 g/mol. The summed E-state index contributed by atoms with van der Waals surface area (Å²) in [4.78, 5) is 15.5. The van der Waals surface area contributed by atoms with E-state index in [2.05, 4.69) is 100 Å². The lowest BCUT2D eigenvalue weighted by Gasteiger charge is -2.05. The number of imidazole rings is 3. The number of aromatic nitrogens is 6. The molecule has 0 unspecified atom stereocenters. The topological polar surface area (TPSA) is 66.7 Å². The summed E-state index contributed by atoms with van der Waals surface area (Å²) in [6.07, 6.45) is 0. The lowest BCUT2D eigenvalue weighted by Crippen LogP contribution is -2.22. The summed E-state index contributed by atoms with van der Waals surface area (Å²) in [7, 11) is 12.3. The molecule has 0 N–H and O–H groups in total. The number of nitrogens with zero attached hydrogens (tertiary/aromatic N) is 9. The maximum atomic E-state index is 5.22. The normalized spacial score (nSPS) is 11.6. The Morgan fingerprint density at radius 3 is 1.02 bits per heavy atom. The van der Waals surface area contributed by atoms with Crippen molar-refractivity contribution in [3.05, 3.63) is 108 Å². The first-order valence-corrected chi connectivity index (χ1v) is 13.9. The number of para-hydroxylation sites is 6. The van der Waals surface area contributed by atoms with Crippen molar-refractivity contribution in [2.24, 2.45) is 57.3 Å². The van der Waals surface area contributed by atoms with Crippen molar-refractivity contribution < 1.29 is 0 Å². The minimum atomic E-state index is 0.740. The van der Waals surface area contributed by atoms with E-state index >= 15 is 0 Å². The molecule has 9 heteroatoms. The van der Waals surface area contributed by atoms with Gasteiger partial charge in [0.05, 0.1) is 50.2 Å². The lowest BCUT2D eigenvalue weighted by molar-refractivity contribution is 0.758. The molecular weight excluding hydrogens is 522 g/mol. The molecule has 4 aromatic carbocycles. The first-order chi connectivity index (χ1) is 20.3. The van der Waals surface area contributed by atoms with Crippen LogP contribution in [-0.2, 0) is 42.3 Å². The van der Waals surface area contributed by atoms with Gasteiger partial charge in [0.2, 0.25) is 16.9 Å². The fraction of sp³-hybridized carbons (Fsp3) is 0.182. The molecule has 42 heavy (non-hydrogen) atoms. The van der Waals surface area contributed by atoms with Gasteiger partial charge in [-0.15, -0.1) is 0 Å². The fourth-order valence-electron chi connectivity index (χ4n) is 5.96. The third-order valence-electron chi connectivity index (χ3n) is 8.24. The monoisotopic (exact) mass is 555 g/mol. The molecule has 7 aromatic rings. The maximum absolute atomic E-state index is 5.22. The molecule has 0 amide bonds. The maximum Gasteiger partial charge on any atom is 0.210 e. The molecule has 9 nitrogen and oxygen atoms in total. The zero-order valence-corrected chi connectivity index (χ0v) is 24.7. The number of fused-ring (bicyclic) bond motifs is 3. The second-order valence-electron chi connectivity index (χ2n) is 10.7. The molecule has 0 aliphatic rings. The van der Waals surface area contributed by atoms with Gasteiger partial charge in [-0.05, 0) is 54.6 Å². The van der Waals surface area contributed by atoms with E-state index in [-0.39, 0.29) is 0 Å². The van der Waals surface area contributed by atoms with E-state index in [1.165, 1.54) is 0 Å². The van der Waals surface area contributed by atoms with Gasteiger partial charge in [-0.1, -0.05) is 36.4 Å². The smallest absolute Gasteiger partial charge is 0.210 e. The standard InChI is InChI=1S/C33H33N9/c1-37-25-13-7-8-14-26(25)38(2)31(37)34-22-19-20-23(35-32-39(3)27-15-9-10-16-28(27)40(32)4)24(21-22)36-33-41(5)29-17-11-12-18-30(29)42(33)6/h7-21H,1-6H3. The highest BCUT2D eigenvalue weighted by Crippen LogP contribution is 2.32. The fourth-order valence-corrected chi connectivity index (χ4v) is 5.96. The summed E-state index contributed by atoms with van der Waals surface area (Å²) < 4.78 is 12.7. The van der Waals surface area contributed by atoms with Crippen LogP contribution in [0.2, 0.25) is 0 Å². The summed E-state index contributed by atoms with van der Waals surface area (Å²) in [5.41, 5.74) is 11.5. The van der Waals surface area contributed by atoms with Gasteiger partial charge >= 0.3 is 0 Å². The molecule has 0 radical (unpaired) electrons. The Balaban J connectivity index is 1.51. The Morgan fingerprint density at radius 1 is 0.357 bits per heavy atom. The van der Waals surface area contributed by atoms with Gasteiger partial charge in [-0.25, -0.2) is 15.0 Å². The lowest BCUT2D eigenvalue weighted by atomic mass is 10.2. The minimum Gasteiger partial charge on any atom is -0.313 e. The Kier molecular flexibility index (Phi) is 5.90. The van der Waals surface area contributed by atoms with E-state index in [1.54, 1.807) is 0 Å². The highest BCUT2D eigenvalue weighted by molar-refractivity contribution is 5.77. The largest absolute Gasteiger partial charge is 0.313 e. The Morgan fingerprint density at radius 2 is 0.667 bits per heavy atom. The highest BCUT2D eigenvalue weighted by Gasteiger charge is 2.12. The molecule has 0 bridgehead atoms. The van der Waals surface area contributed by atoms with E-state index in [0.717, 1.165) is 67.0 Å². The molecule has 0 fully saturated rings. The van der Waals surface area contributed by atoms with Gasteiger partial charge in [-0.3, -0.25) is 0 Å². The molecular formula is C33H33N9. The Labute approximate surface area is 242 Å². The van der Waals surface area contributed by atoms with Gasteiger partial charge in [-0.2, -0.15) is 0 Å². The van der Waals surface area contributed by atoms with Gasteiger partial charge in [0.1, 0.15) is 0 Å². The van der Waals surface area contributed by atoms with Crippen molar-refractivity contribution in [2.75, 3.05) is 0 Å². The number of aryl methyl sites for hydroxylation is 6. The molecule has 3 aromatic heterocycles. The predicted octanol–water partition coefficient (Wildman–Crippen LogP) is 4.87. The second-order valence-corrected chi connectivity index (χ2v) is 10.7. The third kappa shape index (κ3) is 3.88. The molecule has 0 aliphatic heterocycles. The first-order valence-electron chi connectivity index (χ1n) is 13.9. The van der Waals surface area contributed by atoms with E-state index < -0.39 is 0 Å². The summed E-state index contributed by atoms with van der Waals surface area (Å²) in [5.74, 6) is 0. The Hall–Kier alpha value is -5.31. The number of benzene rings is 4. The second kappa shape index (κ2) is 9.66. The van der Waals surface area contributed by atoms with Crippen LogP contribution < -0.4 is 16.9 Å². The molecule has 210 valence electrons. The summed E-state index contributed by atoms with van der Waals surface area (Å²) >= 11 is 0. The molecule has 0 saturated heterocycles. The third-order valence-corrected chi connectivity index (χ3v) is 8.24. The quantitative estimate of drug-likeness (QED) is 0.299. The van der Waals surface area contributed by atoms with E-state index in [1.807, 2.05) is 60.5 Å². The molecule has 0 spiro atoms. The predicted molar refractivity (Wildman–Crippen MR) is 168 cm³/mol. The van der Waals surface area contributed by atoms with Crippen LogP contribution in [0.4, 0.5) is 17.1 Å². The zero-order valence-electron chi connectivity index (χ0n) is 24.7. The molecule has 0 aliphatic carbocycles. The SMILES string of the molecule is Cn1c(=Nc2ccc(N=c3n(C)c4ccccc4n3C)c(N=c3n(C)c4ccccc4n3C)c2)n(C)c2ccccc21. The first kappa shape index (κ1) is 25.6. The van der Waals surface area contributed by atoms with Crippen LogP contribution in [0.15, 0.2) is 106 Å². The molecule has 7 rings (SSSR count). The Bertz CT molecular complexity index is 2250. The summed E-state index contributed by atoms with van der Waals surface area (Å²) in [6, 6.07) is 31.0. The highest BCUT2D eigenvalue weighted by atomic mass is 15.2. The molecule has 0 atom stereocenters. The molecule has 3 heterocycles. The van der Waals surface area contributed by atoms with E-state index in [0.29, 0.717) is 0 Å². The number of hydrogen-bond acceptors (Lipinski definition) is 3. The van der Waals surface area contributed by atoms with Crippen molar-refractivity contribution in [1.82, 2.24) is 27.4 Å². The summed E-state index contributed by atoms with van der Waals surface area (Å²) in [5, 5.41) is 0. The number of rotatable bonds is 3. The van der Waals surface area contributed by atoms with Crippen molar-refractivity contribution in [3.63, 3.8) is 0 Å². The van der Waals surface area contributed by atoms with E-state index in [9.17, 15) is 0 Å².